The first-order chi connectivity index (χ1) is 13.1. The van der Waals surface area contributed by atoms with Gasteiger partial charge in [-0.2, -0.15) is 4.98 Å². The number of carbonyl (C=O) groups is 1. The third-order valence-corrected chi connectivity index (χ3v) is 4.85. The van der Waals surface area contributed by atoms with Gasteiger partial charge in [-0.3, -0.25) is 4.79 Å². The quantitative estimate of drug-likeness (QED) is 0.749. The van der Waals surface area contributed by atoms with Crippen LogP contribution in [0.5, 0.6) is 0 Å². The number of aryl methyl sites for hydroxylation is 2. The van der Waals surface area contributed by atoms with Gasteiger partial charge in [0.15, 0.2) is 5.82 Å². The first-order valence-corrected chi connectivity index (χ1v) is 9.69. The van der Waals surface area contributed by atoms with Gasteiger partial charge in [-0.1, -0.05) is 45.0 Å². The number of carbonyl (C=O) groups excluding carboxylic acids is 1. The molecule has 0 spiro atoms. The number of nitrogens with zero attached hydrogens (tertiary/aromatic N) is 4. The lowest BCUT2D eigenvalue weighted by molar-refractivity contribution is -0.120. The van der Waals surface area contributed by atoms with Crippen molar-refractivity contribution in [2.75, 3.05) is 0 Å². The molecular weight excluding hydrogens is 350 g/mol. The lowest BCUT2D eigenvalue weighted by Gasteiger charge is -2.18. The van der Waals surface area contributed by atoms with Crippen molar-refractivity contribution in [2.24, 2.45) is 0 Å². The number of benzene rings is 1. The van der Waals surface area contributed by atoms with E-state index in [1.165, 1.54) is 5.56 Å². The molecule has 0 aliphatic carbocycles. The summed E-state index contributed by atoms with van der Waals surface area (Å²) in [6, 6.07) is 8.45. The van der Waals surface area contributed by atoms with E-state index < -0.39 is 0 Å². The van der Waals surface area contributed by atoms with E-state index in [9.17, 15) is 4.79 Å². The Balaban J connectivity index is 1.97. The highest BCUT2D eigenvalue weighted by molar-refractivity contribution is 5.79. The summed E-state index contributed by atoms with van der Waals surface area (Å²) in [4.78, 5) is 21.4. The molecule has 1 N–H and O–H groups in total. The number of amides is 1. The molecule has 0 bridgehead atoms. The van der Waals surface area contributed by atoms with Crippen molar-refractivity contribution in [3.05, 3.63) is 46.8 Å². The number of hydrogen-bond donors (Lipinski definition) is 1. The summed E-state index contributed by atoms with van der Waals surface area (Å²) < 4.78 is 1.73. The van der Waals surface area contributed by atoms with Gasteiger partial charge in [-0.15, -0.1) is 5.10 Å². The molecule has 0 aliphatic heterocycles. The normalized spacial score (nSPS) is 12.0. The molecule has 6 nitrogen and oxygen atoms in total. The van der Waals surface area contributed by atoms with Crippen LogP contribution < -0.4 is 5.32 Å². The van der Waals surface area contributed by atoms with Gasteiger partial charge in [0.25, 0.3) is 5.78 Å². The Morgan fingerprint density at radius 2 is 1.75 bits per heavy atom. The van der Waals surface area contributed by atoms with Crippen molar-refractivity contribution >= 4 is 11.7 Å². The molecule has 0 unspecified atom stereocenters. The first-order valence-electron chi connectivity index (χ1n) is 9.69. The molecule has 2 heterocycles. The number of rotatable bonds is 4. The number of aromatic nitrogens is 4. The van der Waals surface area contributed by atoms with E-state index in [1.54, 1.807) is 4.52 Å². The molecule has 0 aliphatic rings. The average molecular weight is 380 g/mol. The van der Waals surface area contributed by atoms with E-state index in [0.717, 1.165) is 22.5 Å². The predicted octanol–water partition coefficient (Wildman–Crippen LogP) is 3.77. The highest BCUT2D eigenvalue weighted by atomic mass is 16.1. The van der Waals surface area contributed by atoms with Crippen LogP contribution in [0.3, 0.4) is 0 Å². The lowest BCUT2D eigenvalue weighted by atomic mass is 9.87. The Bertz CT molecular complexity index is 1010. The predicted molar refractivity (Wildman–Crippen MR) is 111 cm³/mol. The lowest BCUT2D eigenvalue weighted by Crippen LogP contribution is -2.32. The van der Waals surface area contributed by atoms with E-state index >= 15 is 0 Å². The summed E-state index contributed by atoms with van der Waals surface area (Å²) >= 11 is 0. The standard InChI is InChI=1S/C22H29N5O/c1-13(2)23-19(28)12-18-14(3)24-21-25-20(26-27(21)15(18)4)16-8-10-17(11-9-16)22(5,6)7/h8-11,13H,12H2,1-7H3,(H,23,28). The highest BCUT2D eigenvalue weighted by Crippen LogP contribution is 2.25. The molecule has 3 rings (SSSR count). The molecule has 148 valence electrons. The van der Waals surface area contributed by atoms with Gasteiger partial charge in [0.1, 0.15) is 0 Å². The average Bonchev–Trinajstić information content (AvgIpc) is 3.01. The molecule has 2 aromatic heterocycles. The fraction of sp³-hybridized carbons (Fsp3) is 0.455. The molecule has 0 saturated carbocycles. The van der Waals surface area contributed by atoms with Crippen LogP contribution in [0.2, 0.25) is 0 Å². The molecule has 0 saturated heterocycles. The molecule has 0 atom stereocenters. The fourth-order valence-corrected chi connectivity index (χ4v) is 3.24. The van der Waals surface area contributed by atoms with E-state index in [4.69, 9.17) is 0 Å². The van der Waals surface area contributed by atoms with E-state index in [-0.39, 0.29) is 23.8 Å². The van der Waals surface area contributed by atoms with Crippen molar-refractivity contribution in [3.8, 4) is 11.4 Å². The van der Waals surface area contributed by atoms with Gasteiger partial charge >= 0.3 is 0 Å². The van der Waals surface area contributed by atoms with Crippen molar-refractivity contribution in [3.63, 3.8) is 0 Å². The minimum Gasteiger partial charge on any atom is -0.354 e. The van der Waals surface area contributed by atoms with Crippen LogP contribution in [-0.4, -0.2) is 31.5 Å². The van der Waals surface area contributed by atoms with Crippen LogP contribution >= 0.6 is 0 Å². The minimum atomic E-state index is -0.0135. The van der Waals surface area contributed by atoms with Gasteiger partial charge in [0, 0.05) is 28.6 Å². The van der Waals surface area contributed by atoms with Crippen LogP contribution in [0, 0.1) is 13.8 Å². The van der Waals surface area contributed by atoms with Gasteiger partial charge in [-0.25, -0.2) is 9.50 Å². The van der Waals surface area contributed by atoms with Crippen LogP contribution in [0.25, 0.3) is 17.2 Å². The molecule has 6 heteroatoms. The molecule has 0 radical (unpaired) electrons. The molecule has 1 aromatic carbocycles. The van der Waals surface area contributed by atoms with Gasteiger partial charge in [0.2, 0.25) is 5.91 Å². The van der Waals surface area contributed by atoms with E-state index in [1.807, 2.05) is 27.7 Å². The SMILES string of the molecule is Cc1nc2nc(-c3ccc(C(C)(C)C)cc3)nn2c(C)c1CC(=O)NC(C)C. The monoisotopic (exact) mass is 379 g/mol. The summed E-state index contributed by atoms with van der Waals surface area (Å²) in [7, 11) is 0. The highest BCUT2D eigenvalue weighted by Gasteiger charge is 2.18. The van der Waals surface area contributed by atoms with Gasteiger partial charge in [0.05, 0.1) is 6.42 Å². The van der Waals surface area contributed by atoms with Crippen molar-refractivity contribution in [2.45, 2.75) is 66.3 Å². The topological polar surface area (TPSA) is 72.2 Å². The van der Waals surface area contributed by atoms with Crippen LogP contribution in [0.4, 0.5) is 0 Å². The zero-order chi connectivity index (χ0) is 20.6. The first kappa shape index (κ1) is 20.0. The van der Waals surface area contributed by atoms with Crippen LogP contribution in [0.15, 0.2) is 24.3 Å². The molecule has 0 fully saturated rings. The Kier molecular flexibility index (Phi) is 5.24. The Morgan fingerprint density at radius 3 is 2.32 bits per heavy atom. The second-order valence-electron chi connectivity index (χ2n) is 8.63. The fourth-order valence-electron chi connectivity index (χ4n) is 3.24. The number of nitrogens with one attached hydrogen (secondary N) is 1. The summed E-state index contributed by atoms with van der Waals surface area (Å²) in [5.74, 6) is 1.18. The summed E-state index contributed by atoms with van der Waals surface area (Å²) in [5.41, 5.74) is 4.92. The molecule has 1 amide bonds. The number of hydrogen-bond acceptors (Lipinski definition) is 4. The second kappa shape index (κ2) is 7.34. The zero-order valence-electron chi connectivity index (χ0n) is 17.8. The van der Waals surface area contributed by atoms with Crippen molar-refractivity contribution in [1.29, 1.82) is 0 Å². The minimum absolute atomic E-state index is 0.0135. The molecular formula is C22H29N5O. The maximum Gasteiger partial charge on any atom is 0.253 e. The summed E-state index contributed by atoms with van der Waals surface area (Å²) in [5, 5.41) is 7.59. The van der Waals surface area contributed by atoms with Crippen LogP contribution in [-0.2, 0) is 16.6 Å². The van der Waals surface area contributed by atoms with E-state index in [0.29, 0.717) is 11.6 Å². The number of fused-ring (bicyclic) bond motifs is 1. The maximum absolute atomic E-state index is 12.2. The van der Waals surface area contributed by atoms with Crippen molar-refractivity contribution < 1.29 is 4.79 Å². The molecule has 3 aromatic rings. The van der Waals surface area contributed by atoms with Crippen molar-refractivity contribution in [1.82, 2.24) is 24.9 Å². The largest absolute Gasteiger partial charge is 0.354 e. The summed E-state index contributed by atoms with van der Waals surface area (Å²) in [6.07, 6.45) is 0.286. The van der Waals surface area contributed by atoms with E-state index in [2.05, 4.69) is 65.4 Å². The smallest absolute Gasteiger partial charge is 0.253 e. The Labute approximate surface area is 166 Å². The Morgan fingerprint density at radius 1 is 1.11 bits per heavy atom. The third kappa shape index (κ3) is 4.06. The van der Waals surface area contributed by atoms with Gasteiger partial charge in [-0.05, 0) is 38.7 Å². The maximum atomic E-state index is 12.2. The second-order valence-corrected chi connectivity index (χ2v) is 8.63. The Hall–Kier alpha value is -2.76. The third-order valence-electron chi connectivity index (χ3n) is 4.85. The molecule has 28 heavy (non-hydrogen) atoms. The van der Waals surface area contributed by atoms with Crippen LogP contribution in [0.1, 0.15) is 57.1 Å². The van der Waals surface area contributed by atoms with Gasteiger partial charge < -0.3 is 5.32 Å². The zero-order valence-corrected chi connectivity index (χ0v) is 17.8. The summed E-state index contributed by atoms with van der Waals surface area (Å²) in [6.45, 7) is 14.4.